The molecule has 90 valence electrons. The summed E-state index contributed by atoms with van der Waals surface area (Å²) in [5.74, 6) is 0. The van der Waals surface area contributed by atoms with Crippen LogP contribution in [0.15, 0.2) is 24.5 Å². The molecule has 1 rings (SSSR count). The Balaban J connectivity index is 2.55. The normalized spacial score (nSPS) is 13.6. The van der Waals surface area contributed by atoms with Gasteiger partial charge in [-0.3, -0.25) is 4.98 Å². The average molecular weight is 243 g/mol. The van der Waals surface area contributed by atoms with Crippen molar-refractivity contribution in [1.82, 2.24) is 15.0 Å². The van der Waals surface area contributed by atoms with Crippen molar-refractivity contribution in [3.05, 3.63) is 30.1 Å². The third kappa shape index (κ3) is 3.88. The van der Waals surface area contributed by atoms with Gasteiger partial charge in [0, 0.05) is 25.5 Å². The van der Waals surface area contributed by atoms with Crippen molar-refractivity contribution in [1.29, 1.82) is 0 Å². The molecule has 0 saturated heterocycles. The lowest BCUT2D eigenvalue weighted by molar-refractivity contribution is 0.563. The number of pyridine rings is 1. The summed E-state index contributed by atoms with van der Waals surface area (Å²) in [5, 5.41) is 2.39. The number of aromatic nitrogens is 1. The molecule has 5 nitrogen and oxygen atoms in total. The summed E-state index contributed by atoms with van der Waals surface area (Å²) in [4.78, 5) is 3.92. The lowest BCUT2D eigenvalue weighted by Crippen LogP contribution is -2.37. The number of nitrogens with one attached hydrogen (secondary N) is 2. The Morgan fingerprint density at radius 2 is 2.25 bits per heavy atom. The molecule has 0 saturated carbocycles. The maximum Gasteiger partial charge on any atom is 0.215 e. The van der Waals surface area contributed by atoms with Crippen molar-refractivity contribution in [3.63, 3.8) is 0 Å². The predicted molar refractivity (Wildman–Crippen MR) is 63.4 cm³/mol. The Kier molecular flexibility index (Phi) is 4.85. The molecule has 0 aliphatic carbocycles. The van der Waals surface area contributed by atoms with Crippen molar-refractivity contribution in [3.8, 4) is 0 Å². The van der Waals surface area contributed by atoms with Crippen molar-refractivity contribution in [2.24, 2.45) is 0 Å². The van der Waals surface area contributed by atoms with Gasteiger partial charge in [-0.1, -0.05) is 6.07 Å². The minimum absolute atomic E-state index is 0.282. The lowest BCUT2D eigenvalue weighted by atomic mass is 10.3. The van der Waals surface area contributed by atoms with Crippen LogP contribution in [0, 0.1) is 0 Å². The summed E-state index contributed by atoms with van der Waals surface area (Å²) in [6, 6.07) is 3.61. The summed E-state index contributed by atoms with van der Waals surface area (Å²) >= 11 is 0. The highest BCUT2D eigenvalue weighted by Crippen LogP contribution is 2.00. The Hall–Kier alpha value is -0.980. The number of hydrogen-bond acceptors (Lipinski definition) is 4. The third-order valence-electron chi connectivity index (χ3n) is 2.22. The van der Waals surface area contributed by atoms with Crippen LogP contribution < -0.4 is 10.0 Å². The van der Waals surface area contributed by atoms with Crippen LogP contribution in [0.4, 0.5) is 0 Å². The highest BCUT2D eigenvalue weighted by atomic mass is 32.2. The molecule has 1 aromatic heterocycles. The van der Waals surface area contributed by atoms with Crippen molar-refractivity contribution < 1.29 is 8.42 Å². The molecule has 0 aliphatic rings. The van der Waals surface area contributed by atoms with E-state index in [2.05, 4.69) is 15.0 Å². The fraction of sp³-hybridized carbons (Fsp3) is 0.500. The Bertz CT molecular complexity index is 405. The average Bonchev–Trinajstić information content (AvgIpc) is 2.28. The summed E-state index contributed by atoms with van der Waals surface area (Å²) in [5.41, 5.74) is 0.850. The number of sulfonamides is 1. The van der Waals surface area contributed by atoms with Gasteiger partial charge in [0.1, 0.15) is 0 Å². The van der Waals surface area contributed by atoms with Crippen molar-refractivity contribution in [2.75, 3.05) is 13.6 Å². The second-order valence-electron chi connectivity index (χ2n) is 3.60. The third-order valence-corrected chi connectivity index (χ3v) is 3.99. The van der Waals surface area contributed by atoms with Gasteiger partial charge >= 0.3 is 0 Å². The second-order valence-corrected chi connectivity index (χ2v) is 5.78. The van der Waals surface area contributed by atoms with E-state index in [-0.39, 0.29) is 6.54 Å². The van der Waals surface area contributed by atoms with Gasteiger partial charge in [-0.2, -0.15) is 0 Å². The molecule has 0 spiro atoms. The zero-order valence-electron chi connectivity index (χ0n) is 9.47. The van der Waals surface area contributed by atoms with Crippen LogP contribution in [0.5, 0.6) is 0 Å². The summed E-state index contributed by atoms with van der Waals surface area (Å²) in [6.45, 7) is 2.38. The smallest absolute Gasteiger partial charge is 0.215 e. The van der Waals surface area contributed by atoms with Crippen LogP contribution in [0.3, 0.4) is 0 Å². The first-order valence-corrected chi connectivity index (χ1v) is 6.63. The van der Waals surface area contributed by atoms with Gasteiger partial charge < -0.3 is 5.32 Å². The first-order chi connectivity index (χ1) is 7.56. The minimum atomic E-state index is -3.26. The summed E-state index contributed by atoms with van der Waals surface area (Å²) in [7, 11) is -1.53. The Labute approximate surface area is 96.3 Å². The molecule has 1 unspecified atom stereocenters. The van der Waals surface area contributed by atoms with Crippen LogP contribution in [0.1, 0.15) is 12.5 Å². The molecule has 1 atom stereocenters. The molecule has 0 fully saturated rings. The fourth-order valence-corrected chi connectivity index (χ4v) is 2.26. The van der Waals surface area contributed by atoms with E-state index in [0.29, 0.717) is 6.54 Å². The van der Waals surface area contributed by atoms with E-state index in [1.54, 1.807) is 32.4 Å². The van der Waals surface area contributed by atoms with E-state index in [1.807, 2.05) is 6.07 Å². The minimum Gasteiger partial charge on any atom is -0.318 e. The number of hydrogen-bond donors (Lipinski definition) is 2. The van der Waals surface area contributed by atoms with Crippen LogP contribution in [0.2, 0.25) is 0 Å². The molecular weight excluding hydrogens is 226 g/mol. The maximum atomic E-state index is 11.7. The van der Waals surface area contributed by atoms with Crippen LogP contribution in [0.25, 0.3) is 0 Å². The first kappa shape index (κ1) is 13.1. The zero-order chi connectivity index (χ0) is 12.0. The highest BCUT2D eigenvalue weighted by molar-refractivity contribution is 7.90. The molecule has 1 aromatic rings. The molecule has 0 radical (unpaired) electrons. The molecule has 6 heteroatoms. The topological polar surface area (TPSA) is 71.1 Å². The highest BCUT2D eigenvalue weighted by Gasteiger charge is 2.18. The molecular formula is C10H17N3O2S. The quantitative estimate of drug-likeness (QED) is 0.744. The van der Waals surface area contributed by atoms with E-state index in [4.69, 9.17) is 0 Å². The SMILES string of the molecule is CNCC(C)S(=O)(=O)NCc1cccnc1. The molecule has 2 N–H and O–H groups in total. The van der Waals surface area contributed by atoms with Gasteiger partial charge in [0.25, 0.3) is 0 Å². The molecule has 0 aliphatic heterocycles. The summed E-state index contributed by atoms with van der Waals surface area (Å²) < 4.78 is 26.0. The van der Waals surface area contributed by atoms with E-state index in [1.165, 1.54) is 0 Å². The van der Waals surface area contributed by atoms with Crippen LogP contribution in [-0.4, -0.2) is 32.2 Å². The first-order valence-electron chi connectivity index (χ1n) is 5.08. The van der Waals surface area contributed by atoms with Crippen LogP contribution >= 0.6 is 0 Å². The maximum absolute atomic E-state index is 11.7. The van der Waals surface area contributed by atoms with Gasteiger partial charge in [-0.15, -0.1) is 0 Å². The number of nitrogens with zero attached hydrogens (tertiary/aromatic N) is 1. The monoisotopic (exact) mass is 243 g/mol. The van der Waals surface area contributed by atoms with Gasteiger partial charge in [0.2, 0.25) is 10.0 Å². The van der Waals surface area contributed by atoms with Crippen molar-refractivity contribution in [2.45, 2.75) is 18.7 Å². The standard InChI is InChI=1S/C10H17N3O2S/c1-9(6-11-2)16(14,15)13-8-10-4-3-5-12-7-10/h3-5,7,9,11,13H,6,8H2,1-2H3. The Morgan fingerprint density at radius 3 is 2.81 bits per heavy atom. The molecule has 0 aromatic carbocycles. The predicted octanol–water partition coefficient (Wildman–Crippen LogP) is 0.109. The lowest BCUT2D eigenvalue weighted by Gasteiger charge is -2.13. The van der Waals surface area contributed by atoms with Crippen molar-refractivity contribution >= 4 is 10.0 Å². The molecule has 16 heavy (non-hydrogen) atoms. The second kappa shape index (κ2) is 5.93. The molecule has 0 bridgehead atoms. The van der Waals surface area contributed by atoms with E-state index in [9.17, 15) is 8.42 Å². The van der Waals surface area contributed by atoms with E-state index >= 15 is 0 Å². The van der Waals surface area contributed by atoms with E-state index < -0.39 is 15.3 Å². The van der Waals surface area contributed by atoms with Gasteiger partial charge in [-0.25, -0.2) is 13.1 Å². The van der Waals surface area contributed by atoms with Gasteiger partial charge in [0.05, 0.1) is 5.25 Å². The fourth-order valence-electron chi connectivity index (χ4n) is 1.23. The largest absolute Gasteiger partial charge is 0.318 e. The summed E-state index contributed by atoms with van der Waals surface area (Å²) in [6.07, 6.45) is 3.30. The van der Waals surface area contributed by atoms with Gasteiger partial charge in [0.15, 0.2) is 0 Å². The van der Waals surface area contributed by atoms with Crippen LogP contribution in [-0.2, 0) is 16.6 Å². The van der Waals surface area contributed by atoms with Gasteiger partial charge in [-0.05, 0) is 25.6 Å². The van der Waals surface area contributed by atoms with E-state index in [0.717, 1.165) is 5.56 Å². The zero-order valence-corrected chi connectivity index (χ0v) is 10.3. The number of rotatable bonds is 6. The molecule has 0 amide bonds. The molecule has 1 heterocycles. The Morgan fingerprint density at radius 1 is 1.50 bits per heavy atom.